The third-order valence-corrected chi connectivity index (χ3v) is 3.63. The molecule has 0 heterocycles. The minimum absolute atomic E-state index is 0.0297. The van der Waals surface area contributed by atoms with E-state index < -0.39 is 4.92 Å². The molecule has 0 fully saturated rings. The summed E-state index contributed by atoms with van der Waals surface area (Å²) in [5.41, 5.74) is 0.561. The predicted molar refractivity (Wildman–Crippen MR) is 82.3 cm³/mol. The van der Waals surface area contributed by atoms with Crippen molar-refractivity contribution in [2.75, 3.05) is 5.32 Å². The summed E-state index contributed by atoms with van der Waals surface area (Å²) in [5.74, 6) is 0.336. The largest absolute Gasteiger partial charge is 0.335 e. The monoisotopic (exact) mass is 377 g/mol. The fraction of sp³-hybridized carbons (Fsp3) is 0.417. The van der Waals surface area contributed by atoms with E-state index in [1.807, 2.05) is 43.4 Å². The highest BCUT2D eigenvalue weighted by atomic mass is 127. The van der Waals surface area contributed by atoms with E-state index >= 15 is 0 Å². The first kappa shape index (κ1) is 15.7. The van der Waals surface area contributed by atoms with Crippen molar-refractivity contribution in [2.24, 2.45) is 5.92 Å². The number of nitro benzene ring substituents is 1. The molecule has 0 aromatic heterocycles. The van der Waals surface area contributed by atoms with E-state index in [9.17, 15) is 14.9 Å². The van der Waals surface area contributed by atoms with Crippen LogP contribution in [0, 0.1) is 19.6 Å². The van der Waals surface area contributed by atoms with Gasteiger partial charge in [0.05, 0.1) is 8.49 Å². The number of anilines is 1. The Kier molecular flexibility index (Phi) is 5.52. The van der Waals surface area contributed by atoms with Crippen molar-refractivity contribution in [1.29, 1.82) is 0 Å². The lowest BCUT2D eigenvalue weighted by Gasteiger charge is -2.17. The fourth-order valence-electron chi connectivity index (χ4n) is 1.27. The topological polar surface area (TPSA) is 84.3 Å². The molecular formula is C12H16IN3O3. The number of nitrogens with one attached hydrogen (secondary N) is 2. The van der Waals surface area contributed by atoms with Crippen LogP contribution in [0.15, 0.2) is 18.2 Å². The Morgan fingerprint density at radius 2 is 2.00 bits per heavy atom. The molecule has 0 unspecified atom stereocenters. The molecule has 0 aliphatic heterocycles. The van der Waals surface area contributed by atoms with Gasteiger partial charge in [0.2, 0.25) is 0 Å². The van der Waals surface area contributed by atoms with Crippen LogP contribution in [0.2, 0.25) is 0 Å². The molecule has 0 aliphatic carbocycles. The Morgan fingerprint density at radius 1 is 1.37 bits per heavy atom. The van der Waals surface area contributed by atoms with Crippen molar-refractivity contribution in [1.82, 2.24) is 5.32 Å². The molecule has 0 saturated carbocycles. The molecule has 7 heteroatoms. The maximum Gasteiger partial charge on any atom is 0.319 e. The lowest BCUT2D eigenvalue weighted by molar-refractivity contribution is -0.385. The summed E-state index contributed by atoms with van der Waals surface area (Å²) in [5, 5.41) is 16.1. The van der Waals surface area contributed by atoms with Gasteiger partial charge in [-0.2, -0.15) is 0 Å². The molecule has 0 bridgehead atoms. The minimum Gasteiger partial charge on any atom is -0.335 e. The number of urea groups is 1. The van der Waals surface area contributed by atoms with Gasteiger partial charge in [-0.1, -0.05) is 13.8 Å². The Bertz CT molecular complexity index is 491. The van der Waals surface area contributed by atoms with E-state index in [4.69, 9.17) is 0 Å². The molecule has 0 saturated heterocycles. The smallest absolute Gasteiger partial charge is 0.319 e. The summed E-state index contributed by atoms with van der Waals surface area (Å²) in [4.78, 5) is 21.9. The number of carbonyl (C=O) groups is 1. The summed E-state index contributed by atoms with van der Waals surface area (Å²) in [6, 6.07) is 4.20. The maximum absolute atomic E-state index is 11.7. The van der Waals surface area contributed by atoms with Crippen LogP contribution in [0.25, 0.3) is 0 Å². The molecule has 19 heavy (non-hydrogen) atoms. The molecular weight excluding hydrogens is 361 g/mol. The standard InChI is InChI=1S/C12H16IN3O3/c1-7(2)8(3)14-12(17)15-9-4-5-11(16(18)19)10(13)6-9/h4-8H,1-3H3,(H2,14,15,17)/t8-/m0/s1. The molecule has 1 aromatic rings. The Hall–Kier alpha value is -1.38. The van der Waals surface area contributed by atoms with Crippen molar-refractivity contribution in [3.63, 3.8) is 0 Å². The zero-order valence-corrected chi connectivity index (χ0v) is 13.1. The van der Waals surface area contributed by atoms with E-state index in [0.717, 1.165) is 0 Å². The van der Waals surface area contributed by atoms with Crippen molar-refractivity contribution < 1.29 is 9.72 Å². The van der Waals surface area contributed by atoms with E-state index in [2.05, 4.69) is 10.6 Å². The zero-order chi connectivity index (χ0) is 14.6. The van der Waals surface area contributed by atoms with E-state index in [1.54, 1.807) is 6.07 Å². The number of benzene rings is 1. The van der Waals surface area contributed by atoms with Crippen LogP contribution in [0.3, 0.4) is 0 Å². The molecule has 1 atom stereocenters. The van der Waals surface area contributed by atoms with Gasteiger partial charge in [-0.25, -0.2) is 4.79 Å². The highest BCUT2D eigenvalue weighted by Gasteiger charge is 2.14. The van der Waals surface area contributed by atoms with Gasteiger partial charge in [-0.3, -0.25) is 10.1 Å². The Labute approximate surface area is 125 Å². The van der Waals surface area contributed by atoms with Crippen LogP contribution in [-0.2, 0) is 0 Å². The highest BCUT2D eigenvalue weighted by Crippen LogP contribution is 2.24. The average molecular weight is 377 g/mol. The van der Waals surface area contributed by atoms with Crippen LogP contribution in [0.5, 0.6) is 0 Å². The van der Waals surface area contributed by atoms with Gasteiger partial charge in [0.1, 0.15) is 0 Å². The second-order valence-electron chi connectivity index (χ2n) is 4.55. The quantitative estimate of drug-likeness (QED) is 0.480. The molecule has 0 aliphatic rings. The molecule has 1 rings (SSSR count). The molecule has 2 N–H and O–H groups in total. The van der Waals surface area contributed by atoms with Crippen LogP contribution >= 0.6 is 22.6 Å². The van der Waals surface area contributed by atoms with Gasteiger partial charge in [0.15, 0.2) is 0 Å². The van der Waals surface area contributed by atoms with Gasteiger partial charge in [0, 0.05) is 17.8 Å². The second kappa shape index (κ2) is 6.69. The normalized spacial score (nSPS) is 12.1. The van der Waals surface area contributed by atoms with Crippen LogP contribution < -0.4 is 10.6 Å². The van der Waals surface area contributed by atoms with Gasteiger partial charge in [0.25, 0.3) is 5.69 Å². The van der Waals surface area contributed by atoms with Gasteiger partial charge in [-0.05, 0) is 47.6 Å². The summed E-state index contributed by atoms with van der Waals surface area (Å²) >= 11 is 1.87. The van der Waals surface area contributed by atoms with Crippen molar-refractivity contribution in [2.45, 2.75) is 26.8 Å². The summed E-state index contributed by atoms with van der Waals surface area (Å²) in [6.07, 6.45) is 0. The van der Waals surface area contributed by atoms with Gasteiger partial charge >= 0.3 is 6.03 Å². The number of hydrogen-bond donors (Lipinski definition) is 2. The molecule has 1 aromatic carbocycles. The minimum atomic E-state index is -0.452. The number of carbonyl (C=O) groups excluding carboxylic acids is 1. The van der Waals surface area contributed by atoms with Gasteiger partial charge in [-0.15, -0.1) is 0 Å². The summed E-state index contributed by atoms with van der Waals surface area (Å²) < 4.78 is 0.484. The molecule has 0 radical (unpaired) electrons. The number of rotatable bonds is 4. The SMILES string of the molecule is CC(C)[C@H](C)NC(=O)Nc1ccc([N+](=O)[O-])c(I)c1. The fourth-order valence-corrected chi connectivity index (χ4v) is 1.99. The number of amides is 2. The Morgan fingerprint density at radius 3 is 2.47 bits per heavy atom. The zero-order valence-electron chi connectivity index (χ0n) is 10.9. The number of nitrogens with zero attached hydrogens (tertiary/aromatic N) is 1. The molecule has 104 valence electrons. The van der Waals surface area contributed by atoms with Crippen molar-refractivity contribution in [3.8, 4) is 0 Å². The van der Waals surface area contributed by atoms with Crippen LogP contribution in [0.4, 0.5) is 16.2 Å². The number of nitro groups is 1. The average Bonchev–Trinajstić information content (AvgIpc) is 2.27. The molecule has 6 nitrogen and oxygen atoms in total. The lowest BCUT2D eigenvalue weighted by Crippen LogP contribution is -2.39. The lowest BCUT2D eigenvalue weighted by atomic mass is 10.1. The van der Waals surface area contributed by atoms with Crippen LogP contribution in [0.1, 0.15) is 20.8 Å². The second-order valence-corrected chi connectivity index (χ2v) is 5.72. The van der Waals surface area contributed by atoms with Crippen molar-refractivity contribution >= 4 is 40.0 Å². The molecule has 0 spiro atoms. The predicted octanol–water partition coefficient (Wildman–Crippen LogP) is 3.37. The van der Waals surface area contributed by atoms with Crippen molar-refractivity contribution in [3.05, 3.63) is 31.9 Å². The van der Waals surface area contributed by atoms with Crippen LogP contribution in [-0.4, -0.2) is 17.0 Å². The highest BCUT2D eigenvalue weighted by molar-refractivity contribution is 14.1. The Balaban J connectivity index is 2.70. The first-order valence-electron chi connectivity index (χ1n) is 5.82. The van der Waals surface area contributed by atoms with Gasteiger partial charge < -0.3 is 10.6 Å². The maximum atomic E-state index is 11.7. The third kappa shape index (κ3) is 4.66. The summed E-state index contributed by atoms with van der Waals surface area (Å²) in [6.45, 7) is 5.95. The number of halogens is 1. The number of hydrogen-bond acceptors (Lipinski definition) is 3. The first-order valence-corrected chi connectivity index (χ1v) is 6.90. The third-order valence-electron chi connectivity index (χ3n) is 2.76. The summed E-state index contributed by atoms with van der Waals surface area (Å²) in [7, 11) is 0. The first-order chi connectivity index (χ1) is 8.81. The molecule has 2 amide bonds. The van der Waals surface area contributed by atoms with E-state index in [0.29, 0.717) is 15.2 Å². The van der Waals surface area contributed by atoms with E-state index in [-0.39, 0.29) is 17.8 Å². The van der Waals surface area contributed by atoms with E-state index in [1.165, 1.54) is 12.1 Å².